The van der Waals surface area contributed by atoms with Gasteiger partial charge in [0.05, 0.1) is 0 Å². The molecule has 4 atom stereocenters. The largest absolute Gasteiger partial charge is 0.480 e. The molecule has 2 saturated heterocycles. The van der Waals surface area contributed by atoms with Crippen molar-refractivity contribution in [2.75, 3.05) is 0 Å². The second kappa shape index (κ2) is 6.32. The predicted molar refractivity (Wildman–Crippen MR) is 92.2 cm³/mol. The average molecular weight is 364 g/mol. The molecule has 8 nitrogen and oxygen atoms in total. The van der Waals surface area contributed by atoms with E-state index in [-0.39, 0.29) is 11.3 Å². The summed E-state index contributed by atoms with van der Waals surface area (Å²) in [5.74, 6) is 3.65. The molecule has 0 aromatic heterocycles. The number of carbonyl (C=O) groups is 3. The Kier molecular flexibility index (Phi) is 4.48. The Bertz CT molecular complexity index is 711. The number of benzene rings is 1. The van der Waals surface area contributed by atoms with Crippen LogP contribution in [0.4, 0.5) is 0 Å². The van der Waals surface area contributed by atoms with Crippen LogP contribution in [0.2, 0.25) is 0 Å². The summed E-state index contributed by atoms with van der Waals surface area (Å²) in [6.07, 6.45) is 0. The summed E-state index contributed by atoms with van der Waals surface area (Å²) in [6.45, 7) is 3.57. The molecular formula is C16H20N4O4S. The predicted octanol–water partition coefficient (Wildman–Crippen LogP) is -0.177. The number of hydrogen-bond donors (Lipinski definition) is 4. The monoisotopic (exact) mass is 364 g/mol. The smallest absolute Gasteiger partial charge is 0.327 e. The zero-order chi connectivity index (χ0) is 18.4. The first-order valence-electron chi connectivity index (χ1n) is 7.82. The Morgan fingerprint density at radius 2 is 1.96 bits per heavy atom. The molecule has 2 fully saturated rings. The van der Waals surface area contributed by atoms with Crippen molar-refractivity contribution >= 4 is 29.5 Å². The molecule has 9 heteroatoms. The first kappa shape index (κ1) is 17.7. The zero-order valence-electron chi connectivity index (χ0n) is 13.8. The van der Waals surface area contributed by atoms with Crippen LogP contribution in [0.15, 0.2) is 30.3 Å². The average Bonchev–Trinajstić information content (AvgIpc) is 2.82. The summed E-state index contributed by atoms with van der Waals surface area (Å²) in [5.41, 5.74) is 3.13. The summed E-state index contributed by atoms with van der Waals surface area (Å²) in [7, 11) is 0. The van der Waals surface area contributed by atoms with E-state index in [0.717, 1.165) is 0 Å². The van der Waals surface area contributed by atoms with Gasteiger partial charge in [0.1, 0.15) is 23.5 Å². The number of carbonyl (C=O) groups excluding carboxylic acids is 2. The number of carboxylic acids is 1. The van der Waals surface area contributed by atoms with Gasteiger partial charge in [-0.2, -0.15) is 0 Å². The number of thioether (sulfide) groups is 1. The van der Waals surface area contributed by atoms with Gasteiger partial charge in [0, 0.05) is 4.75 Å². The Labute approximate surface area is 149 Å². The van der Waals surface area contributed by atoms with Crippen LogP contribution in [0.5, 0.6) is 0 Å². The van der Waals surface area contributed by atoms with Gasteiger partial charge < -0.3 is 15.3 Å². The summed E-state index contributed by atoms with van der Waals surface area (Å²) < 4.78 is -0.628. The van der Waals surface area contributed by atoms with E-state index in [1.807, 2.05) is 6.07 Å². The van der Waals surface area contributed by atoms with Crippen molar-refractivity contribution in [1.82, 2.24) is 15.6 Å². The molecule has 2 amide bonds. The van der Waals surface area contributed by atoms with Gasteiger partial charge in [0.25, 0.3) is 0 Å². The fourth-order valence-corrected chi connectivity index (χ4v) is 4.98. The topological polar surface area (TPSA) is 125 Å². The third kappa shape index (κ3) is 2.88. The van der Waals surface area contributed by atoms with Crippen LogP contribution in [-0.4, -0.2) is 50.0 Å². The molecule has 0 saturated carbocycles. The van der Waals surface area contributed by atoms with Gasteiger partial charge in [0.2, 0.25) is 11.8 Å². The second-order valence-electron chi connectivity index (χ2n) is 6.59. The summed E-state index contributed by atoms with van der Waals surface area (Å²) in [4.78, 5) is 37.8. The number of aliphatic carboxylic acids is 1. The molecule has 2 aliphatic heterocycles. The molecule has 1 aromatic carbocycles. The van der Waals surface area contributed by atoms with Crippen molar-refractivity contribution in [2.45, 2.75) is 42.1 Å². The maximum atomic E-state index is 12.5. The Balaban J connectivity index is 1.74. The van der Waals surface area contributed by atoms with Gasteiger partial charge in [0.15, 0.2) is 0 Å². The standard InChI is InChI=1S/C16H20N4O4S/c1-16(2)11(15(23)24)20-13(22)10(14(20)25-16)18-12(21)9(19-17)8-6-4-3-5-7-8/h3-7,9-11,14,19H,17H2,1-2H3,(H,18,21)(H,23,24)/t9?,10?,11?,14-/m1/s1. The molecule has 0 aliphatic carbocycles. The lowest BCUT2D eigenvalue weighted by Gasteiger charge is -2.43. The molecule has 0 spiro atoms. The minimum atomic E-state index is -1.04. The first-order chi connectivity index (χ1) is 11.8. The van der Waals surface area contributed by atoms with Crippen LogP contribution in [0.1, 0.15) is 25.5 Å². The number of nitrogens with zero attached hydrogens (tertiary/aromatic N) is 1. The highest BCUT2D eigenvalue weighted by Crippen LogP contribution is 2.50. The van der Waals surface area contributed by atoms with E-state index in [1.54, 1.807) is 38.1 Å². The molecule has 134 valence electrons. The fraction of sp³-hybridized carbons (Fsp3) is 0.438. The van der Waals surface area contributed by atoms with Gasteiger partial charge in [-0.15, -0.1) is 11.8 Å². The molecular weight excluding hydrogens is 344 g/mol. The number of β-lactam (4-membered cyclic amide) rings is 1. The number of hydrazine groups is 1. The lowest BCUT2D eigenvalue weighted by Crippen LogP contribution is -2.71. The van der Waals surface area contributed by atoms with Crippen molar-refractivity contribution in [2.24, 2.45) is 5.84 Å². The third-order valence-electron chi connectivity index (χ3n) is 4.53. The fourth-order valence-electron chi connectivity index (χ4n) is 3.35. The number of hydrogen-bond acceptors (Lipinski definition) is 6. The number of fused-ring (bicyclic) bond motifs is 1. The highest BCUT2D eigenvalue weighted by atomic mass is 32.2. The van der Waals surface area contributed by atoms with E-state index in [4.69, 9.17) is 5.84 Å². The Morgan fingerprint density at radius 1 is 1.32 bits per heavy atom. The lowest BCUT2D eigenvalue weighted by atomic mass is 9.95. The van der Waals surface area contributed by atoms with Gasteiger partial charge in [-0.05, 0) is 19.4 Å². The molecule has 1 aromatic rings. The normalized spacial score (nSPS) is 28.0. The van der Waals surface area contributed by atoms with Crippen LogP contribution in [0.3, 0.4) is 0 Å². The maximum Gasteiger partial charge on any atom is 0.327 e. The molecule has 0 bridgehead atoms. The van der Waals surface area contributed by atoms with Gasteiger partial charge >= 0.3 is 5.97 Å². The molecule has 3 rings (SSSR count). The molecule has 2 heterocycles. The molecule has 5 N–H and O–H groups in total. The van der Waals surface area contributed by atoms with Crippen LogP contribution in [-0.2, 0) is 14.4 Å². The van der Waals surface area contributed by atoms with Crippen LogP contribution in [0.25, 0.3) is 0 Å². The third-order valence-corrected chi connectivity index (χ3v) is 6.11. The molecule has 25 heavy (non-hydrogen) atoms. The van der Waals surface area contributed by atoms with Crippen LogP contribution < -0.4 is 16.6 Å². The van der Waals surface area contributed by atoms with Crippen LogP contribution >= 0.6 is 11.8 Å². The minimum Gasteiger partial charge on any atom is -0.480 e. The number of rotatable bonds is 5. The van der Waals surface area contributed by atoms with E-state index in [9.17, 15) is 19.5 Å². The Hall–Kier alpha value is -2.10. The van der Waals surface area contributed by atoms with Gasteiger partial charge in [-0.3, -0.25) is 15.4 Å². The molecule has 0 radical (unpaired) electrons. The van der Waals surface area contributed by atoms with Crippen molar-refractivity contribution in [3.8, 4) is 0 Å². The molecule has 3 unspecified atom stereocenters. The highest BCUT2D eigenvalue weighted by molar-refractivity contribution is 8.01. The van der Waals surface area contributed by atoms with Gasteiger partial charge in [-0.25, -0.2) is 10.2 Å². The number of carboxylic acid groups (broad SMARTS) is 1. The number of amides is 2. The van der Waals surface area contributed by atoms with Crippen molar-refractivity contribution in [3.05, 3.63) is 35.9 Å². The summed E-state index contributed by atoms with van der Waals surface area (Å²) in [5, 5.41) is 11.7. The summed E-state index contributed by atoms with van der Waals surface area (Å²) in [6, 6.07) is 6.47. The van der Waals surface area contributed by atoms with Crippen LogP contribution in [0, 0.1) is 0 Å². The Morgan fingerprint density at radius 3 is 2.52 bits per heavy atom. The van der Waals surface area contributed by atoms with E-state index in [2.05, 4.69) is 10.7 Å². The molecule has 2 aliphatic rings. The van der Waals surface area contributed by atoms with E-state index in [1.165, 1.54) is 16.7 Å². The lowest BCUT2D eigenvalue weighted by molar-refractivity contribution is -0.161. The van der Waals surface area contributed by atoms with Crippen molar-refractivity contribution in [1.29, 1.82) is 0 Å². The van der Waals surface area contributed by atoms with E-state index >= 15 is 0 Å². The quantitative estimate of drug-likeness (QED) is 0.325. The second-order valence-corrected chi connectivity index (χ2v) is 8.37. The van der Waals surface area contributed by atoms with E-state index < -0.39 is 34.7 Å². The van der Waals surface area contributed by atoms with Gasteiger partial charge in [-0.1, -0.05) is 30.3 Å². The van der Waals surface area contributed by atoms with E-state index in [0.29, 0.717) is 5.56 Å². The number of nitrogens with one attached hydrogen (secondary N) is 2. The highest BCUT2D eigenvalue weighted by Gasteiger charge is 2.64. The van der Waals surface area contributed by atoms with Crippen molar-refractivity contribution < 1.29 is 19.5 Å². The first-order valence-corrected chi connectivity index (χ1v) is 8.70. The minimum absolute atomic E-state index is 0.382. The maximum absolute atomic E-state index is 12.5. The number of nitrogens with two attached hydrogens (primary N) is 1. The van der Waals surface area contributed by atoms with Crippen molar-refractivity contribution in [3.63, 3.8) is 0 Å². The zero-order valence-corrected chi connectivity index (χ0v) is 14.6. The SMILES string of the molecule is CC1(C)S[C@@H]2C(NC(=O)C(NN)c3ccccc3)C(=O)N2C1C(=O)O. The summed E-state index contributed by atoms with van der Waals surface area (Å²) >= 11 is 1.38.